The number of thioether (sulfide) groups is 1. The highest BCUT2D eigenvalue weighted by Gasteiger charge is 2.47. The molecule has 0 saturated carbocycles. The summed E-state index contributed by atoms with van der Waals surface area (Å²) in [5, 5.41) is 0.927. The van der Waals surface area contributed by atoms with Crippen molar-refractivity contribution in [3.63, 3.8) is 0 Å². The van der Waals surface area contributed by atoms with Crippen molar-refractivity contribution < 1.29 is 8.42 Å². The predicted molar refractivity (Wildman–Crippen MR) is 117 cm³/mol. The summed E-state index contributed by atoms with van der Waals surface area (Å²) in [7, 11) is -3.03. The van der Waals surface area contributed by atoms with Gasteiger partial charge in [-0.15, -0.1) is 0 Å². The predicted octanol–water partition coefficient (Wildman–Crippen LogP) is 4.34. The first-order chi connectivity index (χ1) is 12.8. The summed E-state index contributed by atoms with van der Waals surface area (Å²) in [5.74, 6) is 1.14. The van der Waals surface area contributed by atoms with Gasteiger partial charge in [-0.2, -0.15) is 0 Å². The number of amidine groups is 1. The molecule has 0 aromatic heterocycles. The van der Waals surface area contributed by atoms with Gasteiger partial charge < -0.3 is 4.90 Å². The highest BCUT2D eigenvalue weighted by atomic mass is 79.9. The SMILES string of the molecule is Cc1ccc(C)c(N2C(SCc3ccc(Br)cc3)=N[C@H]3CS(=O)(=O)C[C@@H]32)c1. The van der Waals surface area contributed by atoms with E-state index in [0.29, 0.717) is 0 Å². The molecule has 0 unspecified atom stereocenters. The Labute approximate surface area is 173 Å². The molecule has 142 valence electrons. The normalized spacial score (nSPS) is 23.4. The second-order valence-corrected chi connectivity index (χ2v) is 11.2. The van der Waals surface area contributed by atoms with Gasteiger partial charge in [-0.3, -0.25) is 4.99 Å². The molecule has 4 nitrogen and oxygen atoms in total. The third kappa shape index (κ3) is 3.96. The molecule has 0 N–H and O–H groups in total. The van der Waals surface area contributed by atoms with Crippen LogP contribution >= 0.6 is 27.7 Å². The Morgan fingerprint density at radius 1 is 1.15 bits per heavy atom. The summed E-state index contributed by atoms with van der Waals surface area (Å²) in [6, 6.07) is 14.3. The molecule has 2 aromatic rings. The van der Waals surface area contributed by atoms with Gasteiger partial charge in [0, 0.05) is 15.9 Å². The molecule has 0 amide bonds. The van der Waals surface area contributed by atoms with E-state index in [2.05, 4.69) is 65.0 Å². The van der Waals surface area contributed by atoms with Gasteiger partial charge in [-0.1, -0.05) is 52.0 Å². The van der Waals surface area contributed by atoms with Crippen LogP contribution in [0.25, 0.3) is 0 Å². The van der Waals surface area contributed by atoms with E-state index in [4.69, 9.17) is 4.99 Å². The number of sulfone groups is 1. The zero-order chi connectivity index (χ0) is 19.2. The largest absolute Gasteiger partial charge is 0.315 e. The van der Waals surface area contributed by atoms with Gasteiger partial charge in [0.05, 0.1) is 23.6 Å². The number of hydrogen-bond acceptors (Lipinski definition) is 5. The number of hydrogen-bond donors (Lipinski definition) is 0. The summed E-state index contributed by atoms with van der Waals surface area (Å²) in [5.41, 5.74) is 4.60. The molecule has 4 rings (SSSR count). The van der Waals surface area contributed by atoms with Crippen molar-refractivity contribution >= 4 is 48.4 Å². The highest BCUT2D eigenvalue weighted by molar-refractivity contribution is 9.10. The summed E-state index contributed by atoms with van der Waals surface area (Å²) < 4.78 is 25.4. The van der Waals surface area contributed by atoms with Crippen LogP contribution < -0.4 is 4.90 Å². The molecule has 2 aliphatic heterocycles. The lowest BCUT2D eigenvalue weighted by Gasteiger charge is -2.28. The lowest BCUT2D eigenvalue weighted by atomic mass is 10.1. The second-order valence-electron chi connectivity index (χ2n) is 7.20. The number of aryl methyl sites for hydroxylation is 2. The van der Waals surface area contributed by atoms with E-state index in [1.54, 1.807) is 11.8 Å². The molecule has 0 radical (unpaired) electrons. The van der Waals surface area contributed by atoms with Gasteiger partial charge >= 0.3 is 0 Å². The van der Waals surface area contributed by atoms with E-state index in [1.165, 1.54) is 5.56 Å². The van der Waals surface area contributed by atoms with E-state index >= 15 is 0 Å². The molecular formula is C20H21BrN2O2S2. The Kier molecular flexibility index (Phi) is 5.12. The van der Waals surface area contributed by atoms with Crippen LogP contribution in [-0.4, -0.2) is 37.2 Å². The first-order valence-electron chi connectivity index (χ1n) is 8.84. The lowest BCUT2D eigenvalue weighted by molar-refractivity contribution is 0.601. The molecule has 1 fully saturated rings. The standard InChI is InChI=1S/C20H21BrN2O2S2/c1-13-3-4-14(2)18(9-13)23-19-12-27(24,25)11-17(19)22-20(23)26-10-15-5-7-16(21)8-6-15/h3-9,17,19H,10-12H2,1-2H3/t17-,19-/m0/s1. The fourth-order valence-electron chi connectivity index (χ4n) is 3.62. The Morgan fingerprint density at radius 3 is 2.63 bits per heavy atom. The molecule has 2 aromatic carbocycles. The van der Waals surface area contributed by atoms with E-state index in [9.17, 15) is 8.42 Å². The number of fused-ring (bicyclic) bond motifs is 1. The van der Waals surface area contributed by atoms with Crippen LogP contribution in [0.4, 0.5) is 5.69 Å². The molecule has 7 heteroatoms. The van der Waals surface area contributed by atoms with Crippen LogP contribution in [-0.2, 0) is 15.6 Å². The first-order valence-corrected chi connectivity index (χ1v) is 12.4. The third-order valence-corrected chi connectivity index (χ3v) is 8.28. The topological polar surface area (TPSA) is 49.7 Å². The third-order valence-electron chi connectivity index (χ3n) is 5.01. The number of rotatable bonds is 3. The van der Waals surface area contributed by atoms with E-state index < -0.39 is 9.84 Å². The summed E-state index contributed by atoms with van der Waals surface area (Å²) in [6.07, 6.45) is 0. The number of aliphatic imine (C=N–C) groups is 1. The molecule has 2 aliphatic rings. The number of benzene rings is 2. The van der Waals surface area contributed by atoms with Crippen molar-refractivity contribution in [1.29, 1.82) is 0 Å². The number of nitrogens with zero attached hydrogens (tertiary/aromatic N) is 2. The molecule has 2 heterocycles. The second kappa shape index (κ2) is 7.26. The molecule has 0 spiro atoms. The van der Waals surface area contributed by atoms with Crippen molar-refractivity contribution in [2.24, 2.45) is 4.99 Å². The summed E-state index contributed by atoms with van der Waals surface area (Å²) in [6.45, 7) is 4.14. The van der Waals surface area contributed by atoms with E-state index in [-0.39, 0.29) is 23.6 Å². The molecule has 27 heavy (non-hydrogen) atoms. The fraction of sp³-hybridized carbons (Fsp3) is 0.350. The summed E-state index contributed by atoms with van der Waals surface area (Å²) in [4.78, 5) is 6.99. The van der Waals surface area contributed by atoms with Crippen molar-refractivity contribution in [3.05, 3.63) is 63.6 Å². The zero-order valence-corrected chi connectivity index (χ0v) is 18.4. The minimum atomic E-state index is -3.03. The smallest absolute Gasteiger partial charge is 0.164 e. The quantitative estimate of drug-likeness (QED) is 0.677. The Morgan fingerprint density at radius 2 is 1.89 bits per heavy atom. The Hall–Kier alpha value is -1.31. The van der Waals surface area contributed by atoms with Crippen molar-refractivity contribution in [3.8, 4) is 0 Å². The van der Waals surface area contributed by atoms with Crippen LogP contribution in [0.5, 0.6) is 0 Å². The molecule has 0 bridgehead atoms. The van der Waals surface area contributed by atoms with Gasteiger partial charge in [-0.25, -0.2) is 8.42 Å². The highest BCUT2D eigenvalue weighted by Crippen LogP contribution is 2.37. The van der Waals surface area contributed by atoms with Gasteiger partial charge in [0.2, 0.25) is 0 Å². The maximum absolute atomic E-state index is 12.2. The molecule has 0 aliphatic carbocycles. The summed E-state index contributed by atoms with van der Waals surface area (Å²) >= 11 is 5.15. The minimum absolute atomic E-state index is 0.0945. The van der Waals surface area contributed by atoms with Gasteiger partial charge in [0.1, 0.15) is 0 Å². The van der Waals surface area contributed by atoms with Crippen molar-refractivity contribution in [2.45, 2.75) is 31.7 Å². The van der Waals surface area contributed by atoms with Crippen LogP contribution in [0.2, 0.25) is 0 Å². The molecule has 1 saturated heterocycles. The average molecular weight is 465 g/mol. The van der Waals surface area contributed by atoms with Gasteiger partial charge in [0.25, 0.3) is 0 Å². The van der Waals surface area contributed by atoms with Gasteiger partial charge in [-0.05, 0) is 48.7 Å². The van der Waals surface area contributed by atoms with E-state index in [1.807, 2.05) is 12.1 Å². The fourth-order valence-corrected chi connectivity index (χ4v) is 6.80. The van der Waals surface area contributed by atoms with Crippen LogP contribution in [0.3, 0.4) is 0 Å². The van der Waals surface area contributed by atoms with Crippen LogP contribution in [0.1, 0.15) is 16.7 Å². The van der Waals surface area contributed by atoms with Crippen molar-refractivity contribution in [1.82, 2.24) is 0 Å². The Balaban J connectivity index is 1.65. The maximum atomic E-state index is 12.2. The molecular weight excluding hydrogens is 444 g/mol. The lowest BCUT2D eigenvalue weighted by Crippen LogP contribution is -2.39. The van der Waals surface area contributed by atoms with Crippen LogP contribution in [0, 0.1) is 13.8 Å². The van der Waals surface area contributed by atoms with E-state index in [0.717, 1.165) is 32.2 Å². The van der Waals surface area contributed by atoms with Crippen molar-refractivity contribution in [2.75, 3.05) is 16.4 Å². The monoisotopic (exact) mass is 464 g/mol. The van der Waals surface area contributed by atoms with Gasteiger partial charge in [0.15, 0.2) is 15.0 Å². The zero-order valence-electron chi connectivity index (χ0n) is 15.2. The minimum Gasteiger partial charge on any atom is -0.315 e. The van der Waals surface area contributed by atoms with Crippen LogP contribution in [0.15, 0.2) is 51.9 Å². The first kappa shape index (κ1) is 19.0. The number of anilines is 1. The number of halogens is 1. The average Bonchev–Trinajstić information content (AvgIpc) is 3.08. The maximum Gasteiger partial charge on any atom is 0.164 e. The molecule has 2 atom stereocenters. The Bertz CT molecular complexity index is 1000.